The SMILES string of the molecule is N[C@@H](Cc1ccc(-c2ccccc2-c2nn[nH]n2)cc1)C(=O)O. The Morgan fingerprint density at radius 2 is 1.83 bits per heavy atom. The van der Waals surface area contributed by atoms with Crippen LogP contribution >= 0.6 is 0 Å². The Bertz CT molecular complexity index is 800. The van der Waals surface area contributed by atoms with Crippen molar-refractivity contribution >= 4 is 5.97 Å². The molecule has 0 unspecified atom stereocenters. The molecule has 7 heteroatoms. The Morgan fingerprint density at radius 3 is 2.43 bits per heavy atom. The molecule has 23 heavy (non-hydrogen) atoms. The smallest absolute Gasteiger partial charge is 0.320 e. The number of hydrogen-bond acceptors (Lipinski definition) is 5. The third kappa shape index (κ3) is 3.24. The third-order valence-electron chi connectivity index (χ3n) is 3.55. The number of aromatic nitrogens is 4. The molecule has 0 amide bonds. The van der Waals surface area contributed by atoms with Gasteiger partial charge < -0.3 is 10.8 Å². The monoisotopic (exact) mass is 309 g/mol. The zero-order valence-electron chi connectivity index (χ0n) is 12.2. The molecule has 0 saturated heterocycles. The Balaban J connectivity index is 1.90. The second kappa shape index (κ2) is 6.37. The molecular weight excluding hydrogens is 294 g/mol. The zero-order valence-corrected chi connectivity index (χ0v) is 12.2. The van der Waals surface area contributed by atoms with Gasteiger partial charge >= 0.3 is 5.97 Å². The molecule has 0 fully saturated rings. The van der Waals surface area contributed by atoms with Crippen molar-refractivity contribution in [3.05, 3.63) is 54.1 Å². The second-order valence-electron chi connectivity index (χ2n) is 5.13. The van der Waals surface area contributed by atoms with Gasteiger partial charge in [0, 0.05) is 5.56 Å². The van der Waals surface area contributed by atoms with Crippen molar-refractivity contribution < 1.29 is 9.90 Å². The fourth-order valence-corrected chi connectivity index (χ4v) is 2.37. The van der Waals surface area contributed by atoms with Crippen LogP contribution in [0.5, 0.6) is 0 Å². The average Bonchev–Trinajstić information content (AvgIpc) is 3.10. The van der Waals surface area contributed by atoms with Gasteiger partial charge in [-0.1, -0.05) is 48.5 Å². The first-order chi connectivity index (χ1) is 11.1. The Labute approximate surface area is 132 Å². The minimum Gasteiger partial charge on any atom is -0.480 e. The van der Waals surface area contributed by atoms with Crippen LogP contribution in [-0.2, 0) is 11.2 Å². The molecule has 0 bridgehead atoms. The molecule has 1 heterocycles. The third-order valence-corrected chi connectivity index (χ3v) is 3.55. The molecule has 7 nitrogen and oxygen atoms in total. The predicted octanol–water partition coefficient (Wildman–Crippen LogP) is 1.49. The number of nitrogens with one attached hydrogen (secondary N) is 1. The van der Waals surface area contributed by atoms with Crippen molar-refractivity contribution in [2.45, 2.75) is 12.5 Å². The standard InChI is InChI=1S/C16H15N5O2/c17-14(16(22)23)9-10-5-7-11(8-6-10)12-3-1-2-4-13(12)15-18-20-21-19-15/h1-8,14H,9,17H2,(H,22,23)(H,18,19,20,21)/t14-/m0/s1. The summed E-state index contributed by atoms with van der Waals surface area (Å²) in [5.74, 6) is -0.478. The van der Waals surface area contributed by atoms with Gasteiger partial charge in [0.1, 0.15) is 6.04 Å². The van der Waals surface area contributed by atoms with Gasteiger partial charge in [0.25, 0.3) is 0 Å². The molecule has 0 spiro atoms. The molecular formula is C16H15N5O2. The van der Waals surface area contributed by atoms with E-state index in [2.05, 4.69) is 20.6 Å². The van der Waals surface area contributed by atoms with Crippen LogP contribution in [0.4, 0.5) is 0 Å². The summed E-state index contributed by atoms with van der Waals surface area (Å²) in [6.45, 7) is 0. The van der Waals surface area contributed by atoms with Gasteiger partial charge in [-0.15, -0.1) is 10.2 Å². The van der Waals surface area contributed by atoms with Gasteiger partial charge in [-0.25, -0.2) is 0 Å². The first-order valence-corrected chi connectivity index (χ1v) is 7.05. The molecule has 2 aromatic carbocycles. The maximum Gasteiger partial charge on any atom is 0.320 e. The number of carboxylic acid groups (broad SMARTS) is 1. The number of aromatic amines is 1. The number of carboxylic acids is 1. The number of nitrogens with zero attached hydrogens (tertiary/aromatic N) is 3. The van der Waals surface area contributed by atoms with Crippen molar-refractivity contribution in [1.29, 1.82) is 0 Å². The van der Waals surface area contributed by atoms with E-state index in [-0.39, 0.29) is 0 Å². The molecule has 3 rings (SSSR count). The van der Waals surface area contributed by atoms with Crippen molar-refractivity contribution in [3.63, 3.8) is 0 Å². The molecule has 0 aliphatic heterocycles. The molecule has 0 aliphatic carbocycles. The largest absolute Gasteiger partial charge is 0.480 e. The Morgan fingerprint density at radius 1 is 1.13 bits per heavy atom. The summed E-state index contributed by atoms with van der Waals surface area (Å²) in [6.07, 6.45) is 0.294. The van der Waals surface area contributed by atoms with Gasteiger partial charge in [0.05, 0.1) is 0 Å². The normalized spacial score (nSPS) is 12.0. The van der Waals surface area contributed by atoms with Gasteiger partial charge in [-0.05, 0) is 28.3 Å². The zero-order chi connectivity index (χ0) is 16.2. The minimum absolute atomic E-state index is 0.294. The van der Waals surface area contributed by atoms with Crippen molar-refractivity contribution in [3.8, 4) is 22.5 Å². The number of aliphatic carboxylic acids is 1. The van der Waals surface area contributed by atoms with Crippen LogP contribution in [0, 0.1) is 0 Å². The van der Waals surface area contributed by atoms with E-state index < -0.39 is 12.0 Å². The van der Waals surface area contributed by atoms with Crippen LogP contribution in [0.15, 0.2) is 48.5 Å². The fraction of sp³-hybridized carbons (Fsp3) is 0.125. The second-order valence-corrected chi connectivity index (χ2v) is 5.13. The summed E-state index contributed by atoms with van der Waals surface area (Å²) >= 11 is 0. The van der Waals surface area contributed by atoms with E-state index in [0.717, 1.165) is 22.3 Å². The van der Waals surface area contributed by atoms with Crippen molar-refractivity contribution in [2.75, 3.05) is 0 Å². The fourth-order valence-electron chi connectivity index (χ4n) is 2.37. The summed E-state index contributed by atoms with van der Waals surface area (Å²) in [5, 5.41) is 22.9. The predicted molar refractivity (Wildman–Crippen MR) is 84.4 cm³/mol. The molecule has 0 saturated carbocycles. The molecule has 4 N–H and O–H groups in total. The van der Waals surface area contributed by atoms with E-state index in [1.54, 1.807) is 0 Å². The van der Waals surface area contributed by atoms with Crippen LogP contribution in [-0.4, -0.2) is 37.7 Å². The quantitative estimate of drug-likeness (QED) is 0.657. The molecule has 1 atom stereocenters. The van der Waals surface area contributed by atoms with Crippen LogP contribution in [0.25, 0.3) is 22.5 Å². The maximum atomic E-state index is 10.8. The highest BCUT2D eigenvalue weighted by atomic mass is 16.4. The van der Waals surface area contributed by atoms with E-state index in [4.69, 9.17) is 10.8 Å². The molecule has 3 aromatic rings. The number of carbonyl (C=O) groups is 1. The summed E-state index contributed by atoms with van der Waals surface area (Å²) in [6, 6.07) is 14.5. The topological polar surface area (TPSA) is 118 Å². The van der Waals surface area contributed by atoms with E-state index in [0.29, 0.717) is 12.2 Å². The van der Waals surface area contributed by atoms with Gasteiger partial charge in [-0.3, -0.25) is 4.79 Å². The first kappa shape index (κ1) is 14.9. The van der Waals surface area contributed by atoms with Gasteiger partial charge in [0.2, 0.25) is 5.82 Å². The van der Waals surface area contributed by atoms with Crippen LogP contribution in [0.3, 0.4) is 0 Å². The average molecular weight is 309 g/mol. The molecule has 116 valence electrons. The van der Waals surface area contributed by atoms with E-state index in [9.17, 15) is 4.79 Å². The minimum atomic E-state index is -1.00. The lowest BCUT2D eigenvalue weighted by atomic mass is 9.97. The van der Waals surface area contributed by atoms with Gasteiger partial charge in [-0.2, -0.15) is 5.21 Å². The molecule has 1 aromatic heterocycles. The summed E-state index contributed by atoms with van der Waals surface area (Å²) in [4.78, 5) is 10.8. The number of nitrogens with two attached hydrogens (primary N) is 1. The van der Waals surface area contributed by atoms with Crippen LogP contribution in [0.2, 0.25) is 0 Å². The summed E-state index contributed by atoms with van der Waals surface area (Å²) in [7, 11) is 0. The highest BCUT2D eigenvalue weighted by Crippen LogP contribution is 2.29. The van der Waals surface area contributed by atoms with Gasteiger partial charge in [0.15, 0.2) is 0 Å². The van der Waals surface area contributed by atoms with Crippen molar-refractivity contribution in [1.82, 2.24) is 20.6 Å². The van der Waals surface area contributed by atoms with E-state index in [1.165, 1.54) is 0 Å². The van der Waals surface area contributed by atoms with E-state index >= 15 is 0 Å². The van der Waals surface area contributed by atoms with E-state index in [1.807, 2.05) is 48.5 Å². The maximum absolute atomic E-state index is 10.8. The number of tetrazole rings is 1. The van der Waals surface area contributed by atoms with Crippen molar-refractivity contribution in [2.24, 2.45) is 5.73 Å². The molecule has 0 radical (unpaired) electrons. The Hall–Kier alpha value is -3.06. The number of rotatable bonds is 5. The summed E-state index contributed by atoms with van der Waals surface area (Å²) < 4.78 is 0. The lowest BCUT2D eigenvalue weighted by molar-refractivity contribution is -0.138. The lowest BCUT2D eigenvalue weighted by Crippen LogP contribution is -2.32. The highest BCUT2D eigenvalue weighted by Gasteiger charge is 2.13. The first-order valence-electron chi connectivity index (χ1n) is 7.05. The lowest BCUT2D eigenvalue weighted by Gasteiger charge is -2.09. The molecule has 0 aliphatic rings. The number of hydrogen-bond donors (Lipinski definition) is 3. The van der Waals surface area contributed by atoms with Crippen LogP contribution < -0.4 is 5.73 Å². The van der Waals surface area contributed by atoms with Crippen LogP contribution in [0.1, 0.15) is 5.56 Å². The summed E-state index contributed by atoms with van der Waals surface area (Å²) in [5.41, 5.74) is 9.27. The Kier molecular flexibility index (Phi) is 4.11. The number of benzene rings is 2. The highest BCUT2D eigenvalue weighted by molar-refractivity contribution is 5.80. The number of H-pyrrole nitrogens is 1.